The highest BCUT2D eigenvalue weighted by atomic mass is 16.5. The standard InChI is InChI=1S/C13H16N6O2/c20-13(16-7-10-3-2-6-21-10)18-11-4-1-5-15-12(11)19-9-14-8-17-19/h1,4-5,8-10H,2-3,6-7H2,(H2,16,18,20). The van der Waals surface area contributed by atoms with Crippen LogP contribution in [0, 0.1) is 0 Å². The van der Waals surface area contributed by atoms with Crippen LogP contribution in [0.2, 0.25) is 0 Å². The first-order valence-electron chi connectivity index (χ1n) is 6.79. The Bertz CT molecular complexity index is 594. The van der Waals surface area contributed by atoms with Gasteiger partial charge in [-0.05, 0) is 25.0 Å². The molecule has 1 unspecified atom stereocenters. The number of carbonyl (C=O) groups excluding carboxylic acids is 1. The lowest BCUT2D eigenvalue weighted by Crippen LogP contribution is -2.35. The lowest BCUT2D eigenvalue weighted by atomic mass is 10.2. The lowest BCUT2D eigenvalue weighted by molar-refractivity contribution is 0.112. The van der Waals surface area contributed by atoms with Crippen molar-refractivity contribution in [2.75, 3.05) is 18.5 Å². The van der Waals surface area contributed by atoms with Gasteiger partial charge in [-0.3, -0.25) is 0 Å². The molecule has 1 aliphatic rings. The van der Waals surface area contributed by atoms with Crippen LogP contribution in [0.25, 0.3) is 5.82 Å². The minimum absolute atomic E-state index is 0.111. The van der Waals surface area contributed by atoms with Crippen molar-refractivity contribution in [1.29, 1.82) is 0 Å². The van der Waals surface area contributed by atoms with Crippen molar-refractivity contribution < 1.29 is 9.53 Å². The van der Waals surface area contributed by atoms with Crippen molar-refractivity contribution in [2.45, 2.75) is 18.9 Å². The molecule has 2 aromatic heterocycles. The molecule has 0 aromatic carbocycles. The average molecular weight is 288 g/mol. The normalized spacial score (nSPS) is 17.6. The summed E-state index contributed by atoms with van der Waals surface area (Å²) in [6, 6.07) is 3.21. The number of nitrogens with zero attached hydrogens (tertiary/aromatic N) is 4. The topological polar surface area (TPSA) is 94.0 Å². The molecule has 3 heterocycles. The van der Waals surface area contributed by atoms with Crippen LogP contribution in [0.15, 0.2) is 31.0 Å². The van der Waals surface area contributed by atoms with Crippen LogP contribution < -0.4 is 10.6 Å². The molecule has 21 heavy (non-hydrogen) atoms. The van der Waals surface area contributed by atoms with Crippen molar-refractivity contribution in [3.05, 3.63) is 31.0 Å². The fourth-order valence-electron chi connectivity index (χ4n) is 2.17. The van der Waals surface area contributed by atoms with E-state index >= 15 is 0 Å². The number of aromatic nitrogens is 4. The minimum atomic E-state index is -0.292. The number of anilines is 1. The molecule has 8 nitrogen and oxygen atoms in total. The zero-order valence-corrected chi connectivity index (χ0v) is 11.4. The van der Waals surface area contributed by atoms with Crippen molar-refractivity contribution in [3.63, 3.8) is 0 Å². The summed E-state index contributed by atoms with van der Waals surface area (Å²) in [4.78, 5) is 20.0. The molecule has 0 aliphatic carbocycles. The third kappa shape index (κ3) is 3.34. The van der Waals surface area contributed by atoms with E-state index in [1.165, 1.54) is 17.3 Å². The van der Waals surface area contributed by atoms with Gasteiger partial charge < -0.3 is 15.4 Å². The number of amides is 2. The van der Waals surface area contributed by atoms with Crippen molar-refractivity contribution in [3.8, 4) is 5.82 Å². The zero-order chi connectivity index (χ0) is 14.5. The third-order valence-corrected chi connectivity index (χ3v) is 3.18. The molecular weight excluding hydrogens is 272 g/mol. The summed E-state index contributed by atoms with van der Waals surface area (Å²) in [6.45, 7) is 1.28. The Kier molecular flexibility index (Phi) is 4.06. The Morgan fingerprint density at radius 1 is 1.52 bits per heavy atom. The maximum Gasteiger partial charge on any atom is 0.319 e. The molecule has 2 amide bonds. The first kappa shape index (κ1) is 13.5. The molecule has 0 bridgehead atoms. The lowest BCUT2D eigenvalue weighted by Gasteiger charge is -2.13. The average Bonchev–Trinajstić information content (AvgIpc) is 3.19. The fraction of sp³-hybridized carbons (Fsp3) is 0.385. The van der Waals surface area contributed by atoms with Gasteiger partial charge in [-0.15, -0.1) is 0 Å². The van der Waals surface area contributed by atoms with Crippen LogP contribution in [-0.4, -0.2) is 45.0 Å². The van der Waals surface area contributed by atoms with Crippen LogP contribution in [0.3, 0.4) is 0 Å². The summed E-state index contributed by atoms with van der Waals surface area (Å²) in [5.74, 6) is 0.516. The van der Waals surface area contributed by atoms with Gasteiger partial charge in [0.1, 0.15) is 12.7 Å². The fourth-order valence-corrected chi connectivity index (χ4v) is 2.17. The highest BCUT2D eigenvalue weighted by molar-refractivity contribution is 5.90. The van der Waals surface area contributed by atoms with Crippen LogP contribution in [0.4, 0.5) is 10.5 Å². The Balaban J connectivity index is 1.63. The van der Waals surface area contributed by atoms with E-state index in [1.807, 2.05) is 0 Å². The van der Waals surface area contributed by atoms with E-state index in [1.54, 1.807) is 18.3 Å². The van der Waals surface area contributed by atoms with Crippen LogP contribution in [0.1, 0.15) is 12.8 Å². The van der Waals surface area contributed by atoms with Crippen LogP contribution in [-0.2, 0) is 4.74 Å². The highest BCUT2D eigenvalue weighted by Crippen LogP contribution is 2.15. The summed E-state index contributed by atoms with van der Waals surface area (Å²) in [7, 11) is 0. The Labute approximate surface area is 121 Å². The number of hydrogen-bond acceptors (Lipinski definition) is 5. The highest BCUT2D eigenvalue weighted by Gasteiger charge is 2.16. The Hall–Kier alpha value is -2.48. The summed E-state index contributed by atoms with van der Waals surface area (Å²) in [5, 5.41) is 9.58. The quantitative estimate of drug-likeness (QED) is 0.874. The van der Waals surface area contributed by atoms with Crippen molar-refractivity contribution in [1.82, 2.24) is 25.1 Å². The number of ether oxygens (including phenoxy) is 1. The Morgan fingerprint density at radius 2 is 2.48 bits per heavy atom. The second-order valence-electron chi connectivity index (χ2n) is 4.68. The first-order chi connectivity index (χ1) is 10.3. The number of nitrogens with one attached hydrogen (secondary N) is 2. The van der Waals surface area contributed by atoms with E-state index < -0.39 is 0 Å². The third-order valence-electron chi connectivity index (χ3n) is 3.18. The monoisotopic (exact) mass is 288 g/mol. The van der Waals surface area contributed by atoms with E-state index in [-0.39, 0.29) is 12.1 Å². The first-order valence-corrected chi connectivity index (χ1v) is 6.79. The minimum Gasteiger partial charge on any atom is -0.376 e. The van der Waals surface area contributed by atoms with Gasteiger partial charge >= 0.3 is 6.03 Å². The maximum atomic E-state index is 11.9. The van der Waals surface area contributed by atoms with E-state index in [0.717, 1.165) is 19.4 Å². The smallest absolute Gasteiger partial charge is 0.319 e. The van der Waals surface area contributed by atoms with Crippen LogP contribution in [0.5, 0.6) is 0 Å². The summed E-state index contributed by atoms with van der Waals surface area (Å²) >= 11 is 0. The Morgan fingerprint density at radius 3 is 3.24 bits per heavy atom. The molecule has 0 saturated carbocycles. The molecule has 110 valence electrons. The van der Waals surface area contributed by atoms with Gasteiger partial charge in [0.05, 0.1) is 11.8 Å². The van der Waals surface area contributed by atoms with Gasteiger partial charge in [-0.25, -0.2) is 19.4 Å². The molecule has 1 atom stereocenters. The molecule has 1 fully saturated rings. The molecule has 3 rings (SSSR count). The molecule has 0 radical (unpaired) electrons. The van der Waals surface area contributed by atoms with E-state index in [4.69, 9.17) is 4.74 Å². The number of rotatable bonds is 4. The molecule has 2 N–H and O–H groups in total. The van der Waals surface area contributed by atoms with Gasteiger partial charge in [-0.2, -0.15) is 5.10 Å². The number of carbonyl (C=O) groups is 1. The van der Waals surface area contributed by atoms with Crippen molar-refractivity contribution in [2.24, 2.45) is 0 Å². The van der Waals surface area contributed by atoms with Crippen LogP contribution >= 0.6 is 0 Å². The molecular formula is C13H16N6O2. The SMILES string of the molecule is O=C(NCC1CCCO1)Nc1cccnc1-n1cncn1. The maximum absolute atomic E-state index is 11.9. The van der Waals surface area contributed by atoms with Gasteiger partial charge in [-0.1, -0.05) is 0 Å². The summed E-state index contributed by atoms with van der Waals surface area (Å²) in [6.07, 6.45) is 6.71. The van der Waals surface area contributed by atoms with E-state index in [0.29, 0.717) is 18.1 Å². The second kappa shape index (κ2) is 6.31. The molecule has 1 aliphatic heterocycles. The number of pyridine rings is 1. The van der Waals surface area contributed by atoms with E-state index in [9.17, 15) is 4.79 Å². The number of urea groups is 1. The predicted octanol–water partition coefficient (Wildman–Crippen LogP) is 0.963. The van der Waals surface area contributed by atoms with Crippen molar-refractivity contribution >= 4 is 11.7 Å². The second-order valence-corrected chi connectivity index (χ2v) is 4.68. The summed E-state index contributed by atoms with van der Waals surface area (Å²) in [5.41, 5.74) is 0.563. The van der Waals surface area contributed by atoms with E-state index in [2.05, 4.69) is 25.7 Å². The summed E-state index contributed by atoms with van der Waals surface area (Å²) < 4.78 is 6.95. The van der Waals surface area contributed by atoms with Gasteiger partial charge in [0, 0.05) is 19.3 Å². The van der Waals surface area contributed by atoms with Gasteiger partial charge in [0.2, 0.25) is 0 Å². The zero-order valence-electron chi connectivity index (χ0n) is 11.4. The van der Waals surface area contributed by atoms with Gasteiger partial charge in [0.15, 0.2) is 5.82 Å². The molecule has 0 spiro atoms. The molecule has 1 saturated heterocycles. The molecule has 2 aromatic rings. The molecule has 8 heteroatoms. The van der Waals surface area contributed by atoms with Gasteiger partial charge in [0.25, 0.3) is 0 Å². The number of hydrogen-bond donors (Lipinski definition) is 2. The predicted molar refractivity (Wildman–Crippen MR) is 75.1 cm³/mol. The largest absolute Gasteiger partial charge is 0.376 e.